The summed E-state index contributed by atoms with van der Waals surface area (Å²) >= 11 is 0. The van der Waals surface area contributed by atoms with Crippen LogP contribution in [0.5, 0.6) is 5.75 Å². The van der Waals surface area contributed by atoms with Gasteiger partial charge in [-0.2, -0.15) is 5.26 Å². The van der Waals surface area contributed by atoms with Crippen molar-refractivity contribution < 1.29 is 9.53 Å². The van der Waals surface area contributed by atoms with Crippen LogP contribution < -0.4 is 10.1 Å². The third-order valence-corrected chi connectivity index (χ3v) is 4.15. The molecule has 1 unspecified atom stereocenters. The quantitative estimate of drug-likeness (QED) is 0.830. The van der Waals surface area contributed by atoms with E-state index in [2.05, 4.69) is 11.4 Å². The second-order valence-corrected chi connectivity index (χ2v) is 5.50. The molecule has 0 saturated carbocycles. The van der Waals surface area contributed by atoms with E-state index in [0.29, 0.717) is 26.1 Å². The van der Waals surface area contributed by atoms with E-state index in [1.54, 1.807) is 7.11 Å². The summed E-state index contributed by atoms with van der Waals surface area (Å²) in [7, 11) is 1.63. The number of β-lactam (4-membered cyclic amide) rings is 1. The Kier molecular flexibility index (Phi) is 3.11. The minimum atomic E-state index is -0.465. The number of nitriles is 1. The van der Waals surface area contributed by atoms with Crippen molar-refractivity contribution >= 4 is 5.91 Å². The summed E-state index contributed by atoms with van der Waals surface area (Å²) in [6.07, 6.45) is 0.640. The van der Waals surface area contributed by atoms with Gasteiger partial charge >= 0.3 is 0 Å². The van der Waals surface area contributed by atoms with Crippen LogP contribution in [-0.2, 0) is 11.3 Å². The average molecular weight is 271 g/mol. The van der Waals surface area contributed by atoms with Gasteiger partial charge in [0.15, 0.2) is 0 Å². The number of carbonyl (C=O) groups is 1. The zero-order valence-electron chi connectivity index (χ0n) is 11.4. The Labute approximate surface area is 118 Å². The molecule has 1 aromatic carbocycles. The number of likely N-dealkylation sites (tertiary alicyclic amines) is 1. The number of rotatable bonds is 3. The van der Waals surface area contributed by atoms with Gasteiger partial charge in [0, 0.05) is 19.6 Å². The van der Waals surface area contributed by atoms with Crippen LogP contribution in [0.3, 0.4) is 0 Å². The lowest BCUT2D eigenvalue weighted by Crippen LogP contribution is -2.70. The lowest BCUT2D eigenvalue weighted by atomic mass is 9.84. The molecular formula is C15H17N3O2. The van der Waals surface area contributed by atoms with Gasteiger partial charge in [-0.3, -0.25) is 4.79 Å². The molecule has 1 amide bonds. The van der Waals surface area contributed by atoms with E-state index in [4.69, 9.17) is 10.00 Å². The first-order chi connectivity index (χ1) is 9.66. The first kappa shape index (κ1) is 12.9. The smallest absolute Gasteiger partial charge is 0.245 e. The number of carbonyl (C=O) groups excluding carboxylic acids is 1. The maximum Gasteiger partial charge on any atom is 0.245 e. The highest BCUT2D eigenvalue weighted by Crippen LogP contribution is 2.35. The summed E-state index contributed by atoms with van der Waals surface area (Å²) in [5.41, 5.74) is 0.621. The van der Waals surface area contributed by atoms with Crippen molar-refractivity contribution in [2.75, 3.05) is 20.2 Å². The molecule has 3 rings (SSSR count). The predicted octanol–water partition coefficient (Wildman–Crippen LogP) is 0.909. The minimum Gasteiger partial charge on any atom is -0.497 e. The van der Waals surface area contributed by atoms with Crippen LogP contribution in [0, 0.1) is 17.2 Å². The molecule has 2 atom stereocenters. The summed E-state index contributed by atoms with van der Waals surface area (Å²) < 4.78 is 5.11. The number of hydrogen-bond acceptors (Lipinski definition) is 4. The minimum absolute atomic E-state index is 0.0397. The van der Waals surface area contributed by atoms with E-state index < -0.39 is 5.54 Å². The van der Waals surface area contributed by atoms with Gasteiger partial charge in [0.05, 0.1) is 19.1 Å². The first-order valence-corrected chi connectivity index (χ1v) is 6.74. The van der Waals surface area contributed by atoms with Crippen molar-refractivity contribution in [3.63, 3.8) is 0 Å². The fraction of sp³-hybridized carbons (Fsp3) is 0.467. The largest absolute Gasteiger partial charge is 0.497 e. The highest BCUT2D eigenvalue weighted by atomic mass is 16.5. The monoisotopic (exact) mass is 271 g/mol. The Balaban J connectivity index is 1.61. The van der Waals surface area contributed by atoms with E-state index in [9.17, 15) is 4.79 Å². The zero-order chi connectivity index (χ0) is 14.2. The predicted molar refractivity (Wildman–Crippen MR) is 72.9 cm³/mol. The molecule has 5 heteroatoms. The van der Waals surface area contributed by atoms with Gasteiger partial charge in [-0.15, -0.1) is 0 Å². The molecule has 1 aromatic rings. The van der Waals surface area contributed by atoms with Crippen molar-refractivity contribution in [2.24, 2.45) is 5.92 Å². The molecule has 20 heavy (non-hydrogen) atoms. The number of benzene rings is 1. The number of nitrogens with one attached hydrogen (secondary N) is 1. The van der Waals surface area contributed by atoms with Crippen molar-refractivity contribution in [1.82, 2.24) is 10.2 Å². The summed E-state index contributed by atoms with van der Waals surface area (Å²) in [5.74, 6) is 0.891. The normalized spacial score (nSPS) is 28.3. The Morgan fingerprint density at radius 3 is 2.80 bits per heavy atom. The van der Waals surface area contributed by atoms with Crippen molar-refractivity contribution in [1.29, 1.82) is 5.26 Å². The molecule has 1 N–H and O–H groups in total. The van der Waals surface area contributed by atoms with Crippen LogP contribution in [0.2, 0.25) is 0 Å². The number of amides is 1. The lowest BCUT2D eigenvalue weighted by molar-refractivity contribution is -0.153. The maximum absolute atomic E-state index is 12.3. The molecule has 5 nitrogen and oxygen atoms in total. The topological polar surface area (TPSA) is 65.4 Å². The fourth-order valence-corrected chi connectivity index (χ4v) is 3.01. The second kappa shape index (κ2) is 4.80. The van der Waals surface area contributed by atoms with Crippen molar-refractivity contribution in [3.8, 4) is 11.8 Å². The van der Waals surface area contributed by atoms with Gasteiger partial charge < -0.3 is 15.0 Å². The molecule has 104 valence electrons. The Hall–Kier alpha value is -2.06. The zero-order valence-corrected chi connectivity index (χ0v) is 11.4. The third-order valence-electron chi connectivity index (χ3n) is 4.15. The molecule has 2 aliphatic heterocycles. The van der Waals surface area contributed by atoms with Gasteiger partial charge in [0.2, 0.25) is 5.91 Å². The third kappa shape index (κ3) is 2.02. The Morgan fingerprint density at radius 2 is 2.25 bits per heavy atom. The molecule has 0 aliphatic carbocycles. The van der Waals surface area contributed by atoms with E-state index in [-0.39, 0.29) is 11.8 Å². The first-order valence-electron chi connectivity index (χ1n) is 6.74. The fourth-order valence-electron chi connectivity index (χ4n) is 3.01. The molecule has 2 heterocycles. The average Bonchev–Trinajstić information content (AvgIpc) is 2.93. The molecule has 0 radical (unpaired) electrons. The number of methoxy groups -OCH3 is 1. The van der Waals surface area contributed by atoms with Crippen molar-refractivity contribution in [2.45, 2.75) is 18.5 Å². The summed E-state index contributed by atoms with van der Waals surface area (Å²) in [6, 6.07) is 9.97. The number of hydrogen-bond donors (Lipinski definition) is 1. The van der Waals surface area contributed by atoms with Crippen LogP contribution in [0.25, 0.3) is 0 Å². The van der Waals surface area contributed by atoms with E-state index >= 15 is 0 Å². The lowest BCUT2D eigenvalue weighted by Gasteiger charge is -2.46. The van der Waals surface area contributed by atoms with E-state index in [1.807, 2.05) is 29.2 Å². The molecule has 1 spiro atoms. The van der Waals surface area contributed by atoms with Crippen LogP contribution >= 0.6 is 0 Å². The SMILES string of the molecule is COc1ccc(CN2CC3(C[C@H](C#N)CN3)C2=O)cc1. The van der Waals surface area contributed by atoms with Crippen LogP contribution in [-0.4, -0.2) is 36.5 Å². The van der Waals surface area contributed by atoms with Gasteiger partial charge in [-0.1, -0.05) is 12.1 Å². The Bertz CT molecular complexity index is 563. The summed E-state index contributed by atoms with van der Waals surface area (Å²) in [5, 5.41) is 12.1. The molecule has 2 saturated heterocycles. The van der Waals surface area contributed by atoms with Gasteiger partial charge in [-0.25, -0.2) is 0 Å². The summed E-state index contributed by atoms with van der Waals surface area (Å²) in [6.45, 7) is 1.93. The van der Waals surface area contributed by atoms with Crippen molar-refractivity contribution in [3.05, 3.63) is 29.8 Å². The van der Waals surface area contributed by atoms with Gasteiger partial charge in [0.25, 0.3) is 0 Å². The molecule has 2 fully saturated rings. The van der Waals surface area contributed by atoms with Crippen LogP contribution in [0.4, 0.5) is 0 Å². The van der Waals surface area contributed by atoms with Gasteiger partial charge in [0.1, 0.15) is 11.3 Å². The molecule has 2 aliphatic rings. The van der Waals surface area contributed by atoms with Gasteiger partial charge in [-0.05, 0) is 24.1 Å². The van der Waals surface area contributed by atoms with E-state index in [0.717, 1.165) is 11.3 Å². The number of ether oxygens (including phenoxy) is 1. The maximum atomic E-state index is 12.3. The molecule has 0 aromatic heterocycles. The summed E-state index contributed by atoms with van der Waals surface area (Å²) in [4.78, 5) is 14.1. The van der Waals surface area contributed by atoms with Crippen LogP contribution in [0.1, 0.15) is 12.0 Å². The van der Waals surface area contributed by atoms with E-state index in [1.165, 1.54) is 0 Å². The Morgan fingerprint density at radius 1 is 1.50 bits per heavy atom. The number of nitrogens with zero attached hydrogens (tertiary/aromatic N) is 2. The second-order valence-electron chi connectivity index (χ2n) is 5.50. The standard InChI is InChI=1S/C15H17N3O2/c1-20-13-4-2-11(3-5-13)9-18-10-15(14(18)19)6-12(7-16)8-17-15/h2-5,12,17H,6,8-10H2,1H3/t12-,15?/m1/s1. The van der Waals surface area contributed by atoms with Crippen LogP contribution in [0.15, 0.2) is 24.3 Å². The highest BCUT2D eigenvalue weighted by Gasteiger charge is 2.55. The molecular weight excluding hydrogens is 254 g/mol. The molecule has 0 bridgehead atoms. The highest BCUT2D eigenvalue weighted by molar-refractivity contribution is 5.93.